The minimum absolute atomic E-state index is 0.0620. The second-order valence-corrected chi connectivity index (χ2v) is 4.30. The van der Waals surface area contributed by atoms with Gasteiger partial charge in [0.25, 0.3) is 0 Å². The van der Waals surface area contributed by atoms with Crippen LogP contribution in [0.1, 0.15) is 12.5 Å². The van der Waals surface area contributed by atoms with Crippen LogP contribution in [-0.4, -0.2) is 36.1 Å². The van der Waals surface area contributed by atoms with E-state index in [1.807, 2.05) is 24.3 Å². The van der Waals surface area contributed by atoms with Crippen LogP contribution >= 0.6 is 0 Å². The van der Waals surface area contributed by atoms with Gasteiger partial charge in [0, 0.05) is 5.69 Å². The number of hydrogen-bond acceptors (Lipinski definition) is 3. The van der Waals surface area contributed by atoms with Gasteiger partial charge in [-0.1, -0.05) is 19.1 Å². The Bertz CT molecular complexity index is 456. The number of hydrogen-bond donors (Lipinski definition) is 2. The molecule has 0 radical (unpaired) electrons. The van der Waals surface area contributed by atoms with Gasteiger partial charge < -0.3 is 10.0 Å². The van der Waals surface area contributed by atoms with Gasteiger partial charge >= 0.3 is 5.97 Å². The maximum atomic E-state index is 11.8. The number of benzene rings is 1. The third-order valence-electron chi connectivity index (χ3n) is 3.12. The quantitative estimate of drug-likeness (QED) is 0.823. The van der Waals surface area contributed by atoms with Crippen LogP contribution in [-0.2, 0) is 16.0 Å². The van der Waals surface area contributed by atoms with Crippen LogP contribution in [0.3, 0.4) is 0 Å². The molecule has 2 N–H and O–H groups in total. The summed E-state index contributed by atoms with van der Waals surface area (Å²) in [6.07, 6.45) is 0.938. The average molecular weight is 248 g/mol. The molecule has 5 nitrogen and oxygen atoms in total. The van der Waals surface area contributed by atoms with Crippen LogP contribution in [0.2, 0.25) is 0 Å². The lowest BCUT2D eigenvalue weighted by Crippen LogP contribution is -2.57. The number of aliphatic carboxylic acids is 1. The number of piperazine rings is 1. The highest BCUT2D eigenvalue weighted by molar-refractivity contribution is 5.97. The number of nitrogens with one attached hydrogen (secondary N) is 1. The Hall–Kier alpha value is -1.88. The summed E-state index contributed by atoms with van der Waals surface area (Å²) in [5.41, 5.74) is 1.95. The second kappa shape index (κ2) is 5.18. The topological polar surface area (TPSA) is 69.6 Å². The van der Waals surface area contributed by atoms with E-state index in [9.17, 15) is 9.59 Å². The van der Waals surface area contributed by atoms with Crippen LogP contribution in [0, 0.1) is 0 Å². The van der Waals surface area contributed by atoms with Crippen molar-refractivity contribution in [1.82, 2.24) is 5.32 Å². The molecular formula is C13H16N2O3. The molecule has 1 aromatic rings. The molecule has 5 heteroatoms. The SMILES string of the molecule is CCc1ccc(N2CC(C(=O)O)NCC2=O)cc1. The second-order valence-electron chi connectivity index (χ2n) is 4.30. The highest BCUT2D eigenvalue weighted by Crippen LogP contribution is 2.18. The Kier molecular flexibility index (Phi) is 3.62. The molecule has 1 aliphatic heterocycles. The van der Waals surface area contributed by atoms with Crippen molar-refractivity contribution in [3.05, 3.63) is 29.8 Å². The van der Waals surface area contributed by atoms with Crippen LogP contribution in [0.5, 0.6) is 0 Å². The molecule has 2 rings (SSSR count). The summed E-state index contributed by atoms with van der Waals surface area (Å²) in [4.78, 5) is 24.2. The maximum absolute atomic E-state index is 11.8. The lowest BCUT2D eigenvalue weighted by Gasteiger charge is -2.31. The van der Waals surface area contributed by atoms with Crippen molar-refractivity contribution in [2.75, 3.05) is 18.0 Å². The third-order valence-corrected chi connectivity index (χ3v) is 3.12. The monoisotopic (exact) mass is 248 g/mol. The van der Waals surface area contributed by atoms with E-state index in [0.29, 0.717) is 0 Å². The zero-order chi connectivity index (χ0) is 13.1. The molecule has 0 spiro atoms. The molecule has 1 heterocycles. The van der Waals surface area contributed by atoms with Gasteiger partial charge in [-0.25, -0.2) is 0 Å². The lowest BCUT2D eigenvalue weighted by molar-refractivity contribution is -0.139. The summed E-state index contributed by atoms with van der Waals surface area (Å²) in [6, 6.07) is 6.94. The van der Waals surface area contributed by atoms with E-state index in [-0.39, 0.29) is 19.0 Å². The minimum atomic E-state index is -0.933. The standard InChI is InChI=1S/C13H16N2O3/c1-2-9-3-5-10(6-4-9)15-8-11(13(17)18)14-7-12(15)16/h3-6,11,14H,2,7-8H2,1H3,(H,17,18). The van der Waals surface area contributed by atoms with E-state index >= 15 is 0 Å². The number of nitrogens with zero attached hydrogens (tertiary/aromatic N) is 1. The molecule has 18 heavy (non-hydrogen) atoms. The van der Waals surface area contributed by atoms with Gasteiger partial charge in [-0.2, -0.15) is 0 Å². The number of carboxylic acid groups (broad SMARTS) is 1. The van der Waals surface area contributed by atoms with Crippen molar-refractivity contribution in [2.24, 2.45) is 0 Å². The molecule has 0 aromatic heterocycles. The van der Waals surface area contributed by atoms with Crippen molar-refractivity contribution in [2.45, 2.75) is 19.4 Å². The van der Waals surface area contributed by atoms with Gasteiger partial charge in [0.15, 0.2) is 0 Å². The number of rotatable bonds is 3. The predicted molar refractivity (Wildman–Crippen MR) is 67.6 cm³/mol. The van der Waals surface area contributed by atoms with Crippen LogP contribution in [0.4, 0.5) is 5.69 Å². The fourth-order valence-corrected chi connectivity index (χ4v) is 1.98. The first-order valence-corrected chi connectivity index (χ1v) is 5.97. The van der Waals surface area contributed by atoms with Gasteiger partial charge in [0.1, 0.15) is 6.04 Å². The smallest absolute Gasteiger partial charge is 0.322 e. The fraction of sp³-hybridized carbons (Fsp3) is 0.385. The van der Waals surface area contributed by atoms with Crippen LogP contribution in [0.25, 0.3) is 0 Å². The van der Waals surface area contributed by atoms with Gasteiger partial charge in [-0.05, 0) is 24.1 Å². The Morgan fingerprint density at radius 1 is 1.44 bits per heavy atom. The highest BCUT2D eigenvalue weighted by atomic mass is 16.4. The van der Waals surface area contributed by atoms with E-state index in [0.717, 1.165) is 12.1 Å². The summed E-state index contributed by atoms with van der Waals surface area (Å²) < 4.78 is 0. The summed E-state index contributed by atoms with van der Waals surface area (Å²) in [5.74, 6) is -1.03. The van der Waals surface area contributed by atoms with Crippen molar-refractivity contribution >= 4 is 17.6 Å². The van der Waals surface area contributed by atoms with Gasteiger partial charge in [-0.15, -0.1) is 0 Å². The van der Waals surface area contributed by atoms with E-state index in [1.54, 1.807) is 0 Å². The summed E-state index contributed by atoms with van der Waals surface area (Å²) in [5, 5.41) is 11.7. The normalized spacial score (nSPS) is 19.9. The Balaban J connectivity index is 2.18. The van der Waals surface area contributed by atoms with E-state index < -0.39 is 12.0 Å². The maximum Gasteiger partial charge on any atom is 0.322 e. The fourth-order valence-electron chi connectivity index (χ4n) is 1.98. The zero-order valence-corrected chi connectivity index (χ0v) is 10.2. The van der Waals surface area contributed by atoms with E-state index in [1.165, 1.54) is 10.5 Å². The van der Waals surface area contributed by atoms with E-state index in [4.69, 9.17) is 5.11 Å². The largest absolute Gasteiger partial charge is 0.480 e. The Labute approximate surface area is 105 Å². The first kappa shape index (κ1) is 12.6. The molecule has 0 aliphatic carbocycles. The summed E-state index contributed by atoms with van der Waals surface area (Å²) in [6.45, 7) is 2.29. The van der Waals surface area contributed by atoms with Gasteiger partial charge in [0.05, 0.1) is 13.1 Å². The molecule has 1 saturated heterocycles. The molecule has 0 saturated carbocycles. The summed E-state index contributed by atoms with van der Waals surface area (Å²) >= 11 is 0. The minimum Gasteiger partial charge on any atom is -0.480 e. The van der Waals surface area contributed by atoms with Crippen LogP contribution < -0.4 is 10.2 Å². The number of carbonyl (C=O) groups is 2. The van der Waals surface area contributed by atoms with Crippen molar-refractivity contribution in [3.63, 3.8) is 0 Å². The third kappa shape index (κ3) is 2.51. The molecule has 1 atom stereocenters. The molecular weight excluding hydrogens is 232 g/mol. The summed E-state index contributed by atoms with van der Waals surface area (Å²) in [7, 11) is 0. The van der Waals surface area contributed by atoms with Crippen molar-refractivity contribution in [1.29, 1.82) is 0 Å². The first-order chi connectivity index (χ1) is 8.61. The van der Waals surface area contributed by atoms with Gasteiger partial charge in [-0.3, -0.25) is 14.9 Å². The number of carbonyl (C=O) groups excluding carboxylic acids is 1. The molecule has 96 valence electrons. The zero-order valence-electron chi connectivity index (χ0n) is 10.2. The van der Waals surface area contributed by atoms with Crippen LogP contribution in [0.15, 0.2) is 24.3 Å². The van der Waals surface area contributed by atoms with Gasteiger partial charge in [0.2, 0.25) is 5.91 Å². The Morgan fingerprint density at radius 3 is 2.67 bits per heavy atom. The highest BCUT2D eigenvalue weighted by Gasteiger charge is 2.30. The molecule has 1 unspecified atom stereocenters. The number of aryl methyl sites for hydroxylation is 1. The number of anilines is 1. The molecule has 1 fully saturated rings. The molecule has 1 aliphatic rings. The molecule has 1 aromatic carbocycles. The number of carboxylic acids is 1. The van der Waals surface area contributed by atoms with E-state index in [2.05, 4.69) is 12.2 Å². The van der Waals surface area contributed by atoms with Crippen molar-refractivity contribution < 1.29 is 14.7 Å². The number of amides is 1. The first-order valence-electron chi connectivity index (χ1n) is 5.97. The predicted octanol–water partition coefficient (Wildman–Crippen LogP) is 0.638. The Morgan fingerprint density at radius 2 is 2.11 bits per heavy atom. The van der Waals surface area contributed by atoms with Crippen molar-refractivity contribution in [3.8, 4) is 0 Å². The average Bonchev–Trinajstić information content (AvgIpc) is 2.39. The molecule has 1 amide bonds. The molecule has 0 bridgehead atoms. The lowest BCUT2D eigenvalue weighted by atomic mass is 10.1.